The molecule has 96 valence electrons. The highest BCUT2D eigenvalue weighted by Gasteiger charge is 2.08. The lowest BCUT2D eigenvalue weighted by Crippen LogP contribution is -1.93. The second kappa shape index (κ2) is 5.24. The minimum absolute atomic E-state index is 0.656. The maximum Gasteiger partial charge on any atom is 0.227 e. The molecule has 2 N–H and O–H groups in total. The number of aryl methyl sites for hydroxylation is 2. The van der Waals surface area contributed by atoms with Crippen LogP contribution in [0.3, 0.4) is 0 Å². The number of nitrogens with zero attached hydrogens (tertiary/aromatic N) is 2. The maximum atomic E-state index is 5.75. The Morgan fingerprint density at radius 1 is 1.21 bits per heavy atom. The van der Waals surface area contributed by atoms with Crippen LogP contribution in [0, 0.1) is 0 Å². The van der Waals surface area contributed by atoms with Crippen molar-refractivity contribution in [2.45, 2.75) is 12.8 Å². The summed E-state index contributed by atoms with van der Waals surface area (Å²) in [7, 11) is 0. The molecule has 0 atom stereocenters. The number of benzene rings is 1. The van der Waals surface area contributed by atoms with E-state index in [9.17, 15) is 0 Å². The normalized spacial score (nSPS) is 10.7. The molecule has 2 aromatic heterocycles. The molecule has 0 radical (unpaired) electrons. The summed E-state index contributed by atoms with van der Waals surface area (Å²) in [4.78, 5) is 4.39. The molecule has 1 aromatic carbocycles. The van der Waals surface area contributed by atoms with Gasteiger partial charge in [-0.15, -0.1) is 0 Å². The third kappa shape index (κ3) is 2.82. The number of rotatable bonds is 4. The maximum absolute atomic E-state index is 5.75. The third-order valence-electron chi connectivity index (χ3n) is 2.83. The largest absolute Gasteiger partial charge is 0.399 e. The van der Waals surface area contributed by atoms with Gasteiger partial charge < -0.3 is 10.3 Å². The van der Waals surface area contributed by atoms with Crippen LogP contribution in [-0.2, 0) is 12.8 Å². The van der Waals surface area contributed by atoms with E-state index in [4.69, 9.17) is 10.3 Å². The van der Waals surface area contributed by atoms with Crippen LogP contribution in [0.15, 0.2) is 45.6 Å². The minimum atomic E-state index is 0.656. The first-order valence-electron chi connectivity index (χ1n) is 6.01. The van der Waals surface area contributed by atoms with Gasteiger partial charge >= 0.3 is 0 Å². The summed E-state index contributed by atoms with van der Waals surface area (Å²) in [5.74, 6) is 1.31. The van der Waals surface area contributed by atoms with Gasteiger partial charge in [-0.2, -0.15) is 16.3 Å². The number of aromatic nitrogens is 2. The van der Waals surface area contributed by atoms with Crippen LogP contribution in [0.2, 0.25) is 0 Å². The van der Waals surface area contributed by atoms with Gasteiger partial charge in [-0.1, -0.05) is 17.3 Å². The van der Waals surface area contributed by atoms with Crippen molar-refractivity contribution in [3.63, 3.8) is 0 Å². The lowest BCUT2D eigenvalue weighted by atomic mass is 10.1. The second-order valence-electron chi connectivity index (χ2n) is 4.27. The molecule has 0 aliphatic carbocycles. The number of thiophene rings is 1. The van der Waals surface area contributed by atoms with Gasteiger partial charge in [0.25, 0.3) is 0 Å². The fraction of sp³-hybridized carbons (Fsp3) is 0.143. The third-order valence-corrected chi connectivity index (χ3v) is 3.51. The van der Waals surface area contributed by atoms with Crippen LogP contribution in [-0.4, -0.2) is 10.1 Å². The fourth-order valence-electron chi connectivity index (χ4n) is 1.87. The van der Waals surface area contributed by atoms with Crippen molar-refractivity contribution in [1.82, 2.24) is 10.1 Å². The van der Waals surface area contributed by atoms with Crippen LogP contribution in [0.25, 0.3) is 11.4 Å². The van der Waals surface area contributed by atoms with Crippen molar-refractivity contribution in [2.24, 2.45) is 0 Å². The summed E-state index contributed by atoms with van der Waals surface area (Å²) in [6.45, 7) is 0. The van der Waals surface area contributed by atoms with Crippen LogP contribution in [0.4, 0.5) is 5.69 Å². The van der Waals surface area contributed by atoms with Crippen LogP contribution >= 0.6 is 11.3 Å². The summed E-state index contributed by atoms with van der Waals surface area (Å²) in [6.07, 6.45) is 1.57. The average Bonchev–Trinajstić information content (AvgIpc) is 3.07. The van der Waals surface area contributed by atoms with Gasteiger partial charge in [-0.25, -0.2) is 0 Å². The van der Waals surface area contributed by atoms with Crippen molar-refractivity contribution in [2.75, 3.05) is 5.73 Å². The highest BCUT2D eigenvalue weighted by Crippen LogP contribution is 2.19. The van der Waals surface area contributed by atoms with E-state index in [2.05, 4.69) is 10.1 Å². The first kappa shape index (κ1) is 11.9. The van der Waals surface area contributed by atoms with E-state index in [0.717, 1.165) is 24.1 Å². The van der Waals surface area contributed by atoms with E-state index in [1.807, 2.05) is 41.1 Å². The standard InChI is InChI=1S/C14H13N3OS/c15-12-3-1-2-10(8-12)4-5-13-16-14(17-18-13)11-6-7-19-9-11/h1-3,6-9H,4-5,15H2. The molecular weight excluding hydrogens is 258 g/mol. The Bertz CT molecular complexity index is 661. The zero-order valence-corrected chi connectivity index (χ0v) is 11.1. The molecule has 0 amide bonds. The molecule has 3 aromatic rings. The Hall–Kier alpha value is -2.14. The van der Waals surface area contributed by atoms with Crippen LogP contribution in [0.1, 0.15) is 11.5 Å². The SMILES string of the molecule is Nc1cccc(CCc2nc(-c3ccsc3)no2)c1. The van der Waals surface area contributed by atoms with E-state index in [0.29, 0.717) is 11.7 Å². The smallest absolute Gasteiger partial charge is 0.227 e. The second-order valence-corrected chi connectivity index (χ2v) is 5.05. The molecule has 0 aliphatic rings. The van der Waals surface area contributed by atoms with Crippen molar-refractivity contribution in [3.05, 3.63) is 52.5 Å². The zero-order valence-electron chi connectivity index (χ0n) is 10.2. The van der Waals surface area contributed by atoms with Crippen LogP contribution in [0.5, 0.6) is 0 Å². The molecule has 5 heteroatoms. The Kier molecular flexibility index (Phi) is 3.29. The molecule has 0 aliphatic heterocycles. The molecule has 3 rings (SSSR count). The Morgan fingerprint density at radius 2 is 2.16 bits per heavy atom. The van der Waals surface area contributed by atoms with Crippen molar-refractivity contribution in [1.29, 1.82) is 0 Å². The van der Waals surface area contributed by atoms with Gasteiger partial charge in [-0.05, 0) is 35.6 Å². The summed E-state index contributed by atoms with van der Waals surface area (Å²) in [5, 5.41) is 7.99. The Morgan fingerprint density at radius 3 is 2.95 bits per heavy atom. The fourth-order valence-corrected chi connectivity index (χ4v) is 2.50. The summed E-state index contributed by atoms with van der Waals surface area (Å²) < 4.78 is 5.25. The van der Waals surface area contributed by atoms with E-state index >= 15 is 0 Å². The molecule has 19 heavy (non-hydrogen) atoms. The van der Waals surface area contributed by atoms with Crippen molar-refractivity contribution < 1.29 is 4.52 Å². The highest BCUT2D eigenvalue weighted by molar-refractivity contribution is 7.08. The van der Waals surface area contributed by atoms with Gasteiger partial charge in [-0.3, -0.25) is 0 Å². The molecule has 0 saturated heterocycles. The van der Waals surface area contributed by atoms with E-state index < -0.39 is 0 Å². The molecule has 0 fully saturated rings. The molecule has 0 bridgehead atoms. The lowest BCUT2D eigenvalue weighted by Gasteiger charge is -1.99. The first-order valence-corrected chi connectivity index (χ1v) is 6.95. The molecule has 4 nitrogen and oxygen atoms in total. The minimum Gasteiger partial charge on any atom is -0.399 e. The number of nitrogen functional groups attached to an aromatic ring is 1. The predicted molar refractivity (Wildman–Crippen MR) is 75.9 cm³/mol. The van der Waals surface area contributed by atoms with Crippen LogP contribution < -0.4 is 5.73 Å². The average molecular weight is 271 g/mol. The molecule has 0 unspecified atom stereocenters. The Labute approximate surface area is 114 Å². The monoisotopic (exact) mass is 271 g/mol. The van der Waals surface area contributed by atoms with E-state index in [-0.39, 0.29) is 0 Å². The van der Waals surface area contributed by atoms with Gasteiger partial charge in [0, 0.05) is 23.1 Å². The summed E-state index contributed by atoms with van der Waals surface area (Å²) >= 11 is 1.62. The first-order chi connectivity index (χ1) is 9.31. The summed E-state index contributed by atoms with van der Waals surface area (Å²) in [5.41, 5.74) is 8.71. The number of nitrogens with two attached hydrogens (primary N) is 1. The molecule has 2 heterocycles. The van der Waals surface area contributed by atoms with E-state index in [1.54, 1.807) is 11.3 Å². The van der Waals surface area contributed by atoms with Gasteiger partial charge in [0.15, 0.2) is 0 Å². The van der Waals surface area contributed by atoms with E-state index in [1.165, 1.54) is 5.56 Å². The predicted octanol–water partition coefficient (Wildman–Crippen LogP) is 3.17. The molecule has 0 spiro atoms. The van der Waals surface area contributed by atoms with Gasteiger partial charge in [0.1, 0.15) is 0 Å². The van der Waals surface area contributed by atoms with Crippen molar-refractivity contribution in [3.8, 4) is 11.4 Å². The number of hydrogen-bond donors (Lipinski definition) is 1. The van der Waals surface area contributed by atoms with Gasteiger partial charge in [0.05, 0.1) is 0 Å². The topological polar surface area (TPSA) is 64.9 Å². The van der Waals surface area contributed by atoms with Gasteiger partial charge in [0.2, 0.25) is 11.7 Å². The number of anilines is 1. The summed E-state index contributed by atoms with van der Waals surface area (Å²) in [6, 6.07) is 9.83. The molecular formula is C14H13N3OS. The quantitative estimate of drug-likeness (QED) is 0.740. The Balaban J connectivity index is 1.68. The number of hydrogen-bond acceptors (Lipinski definition) is 5. The zero-order chi connectivity index (χ0) is 13.1. The molecule has 0 saturated carbocycles. The lowest BCUT2D eigenvalue weighted by molar-refractivity contribution is 0.379. The van der Waals surface area contributed by atoms with Crippen molar-refractivity contribution >= 4 is 17.0 Å². The highest BCUT2D eigenvalue weighted by atomic mass is 32.1.